The number of likely N-dealkylation sites (tertiary alicyclic amines) is 1. The molecule has 0 bridgehead atoms. The van der Waals surface area contributed by atoms with Gasteiger partial charge in [-0.3, -0.25) is 0 Å². The first-order valence-electron chi connectivity index (χ1n) is 14.0. The molecule has 1 atom stereocenters. The van der Waals surface area contributed by atoms with E-state index >= 15 is 0 Å². The van der Waals surface area contributed by atoms with Gasteiger partial charge in [-0.2, -0.15) is 4.98 Å². The molecule has 210 valence electrons. The highest BCUT2D eigenvalue weighted by Gasteiger charge is 2.38. The van der Waals surface area contributed by atoms with Crippen molar-refractivity contribution in [2.45, 2.75) is 57.3 Å². The van der Waals surface area contributed by atoms with Gasteiger partial charge in [-0.05, 0) is 62.9 Å². The molecule has 0 radical (unpaired) electrons. The lowest BCUT2D eigenvalue weighted by Gasteiger charge is -2.29. The number of nitrogens with one attached hydrogen (secondary N) is 1. The Bertz CT molecular complexity index is 1410. The first kappa shape index (κ1) is 26.6. The van der Waals surface area contributed by atoms with Crippen molar-refractivity contribution >= 4 is 23.3 Å². The highest BCUT2D eigenvalue weighted by atomic mass is 19.1. The van der Waals surface area contributed by atoms with Gasteiger partial charge in [0.1, 0.15) is 17.5 Å². The number of benzene rings is 1. The summed E-state index contributed by atoms with van der Waals surface area (Å²) in [6, 6.07) is 8.87. The molecule has 0 unspecified atom stereocenters. The summed E-state index contributed by atoms with van der Waals surface area (Å²) in [5.74, 6) is 1.55. The molecule has 0 spiro atoms. The first-order chi connectivity index (χ1) is 19.4. The standard InChI is InChI=1S/C30H36FN7O2/c1-4-14-37-19-21-18-32-29(33-22-7-8-25(24(31)17-22)40-23-11-15-36(3)16-12-23)35-28(21)38(37)26-9-6-20-10-13-30(39,5-2)27(20)34-26/h4,6-9,17-18,23,39H,1,5,10-16,19H2,2-3H3,(H,32,33,35)/t30-/m1/s1. The number of rotatable bonds is 8. The Balaban J connectivity index is 1.25. The molecular weight excluding hydrogens is 509 g/mol. The SMILES string of the molecule is C=CCN1Cc2cnc(Nc3ccc(OC4CCN(C)CC4)c(F)c3)nc2N1c1ccc2c(n1)[C@@](O)(CC)CC2. The minimum atomic E-state index is -0.914. The van der Waals surface area contributed by atoms with E-state index in [1.54, 1.807) is 18.3 Å². The average molecular weight is 546 g/mol. The van der Waals surface area contributed by atoms with Crippen LogP contribution in [-0.4, -0.2) is 62.8 Å². The molecule has 3 aliphatic rings. The molecular formula is C30H36FN7O2. The van der Waals surface area contributed by atoms with E-state index in [1.165, 1.54) is 6.07 Å². The molecule has 10 heteroatoms. The van der Waals surface area contributed by atoms with Crippen molar-refractivity contribution in [2.75, 3.05) is 37.0 Å². The van der Waals surface area contributed by atoms with Crippen molar-refractivity contribution in [3.63, 3.8) is 0 Å². The number of ether oxygens (including phenoxy) is 1. The van der Waals surface area contributed by atoms with E-state index in [9.17, 15) is 9.50 Å². The van der Waals surface area contributed by atoms with E-state index in [1.807, 2.05) is 30.1 Å². The zero-order valence-corrected chi connectivity index (χ0v) is 23.1. The Morgan fingerprint density at radius 2 is 2.02 bits per heavy atom. The van der Waals surface area contributed by atoms with Gasteiger partial charge in [0.2, 0.25) is 5.95 Å². The summed E-state index contributed by atoms with van der Waals surface area (Å²) in [5, 5.41) is 18.3. The van der Waals surface area contributed by atoms with Crippen LogP contribution in [0.5, 0.6) is 5.75 Å². The maximum Gasteiger partial charge on any atom is 0.229 e. The van der Waals surface area contributed by atoms with Gasteiger partial charge >= 0.3 is 0 Å². The highest BCUT2D eigenvalue weighted by molar-refractivity contribution is 5.65. The van der Waals surface area contributed by atoms with E-state index in [2.05, 4.69) is 33.8 Å². The summed E-state index contributed by atoms with van der Waals surface area (Å²) >= 11 is 0. The second kappa shape index (κ2) is 10.8. The topological polar surface area (TPSA) is 89.9 Å². The molecule has 9 nitrogen and oxygen atoms in total. The van der Waals surface area contributed by atoms with Crippen molar-refractivity contribution in [3.8, 4) is 5.75 Å². The molecule has 6 rings (SSSR count). The highest BCUT2D eigenvalue weighted by Crippen LogP contribution is 2.42. The van der Waals surface area contributed by atoms with Gasteiger partial charge < -0.3 is 20.1 Å². The van der Waals surface area contributed by atoms with E-state index in [4.69, 9.17) is 14.7 Å². The van der Waals surface area contributed by atoms with Crippen LogP contribution in [0.15, 0.2) is 49.2 Å². The van der Waals surface area contributed by atoms with Crippen LogP contribution in [0.3, 0.4) is 0 Å². The number of hydrazine groups is 1. The molecule has 40 heavy (non-hydrogen) atoms. The fourth-order valence-electron chi connectivity index (χ4n) is 5.79. The summed E-state index contributed by atoms with van der Waals surface area (Å²) in [5.41, 5.74) is 2.38. The number of anilines is 4. The number of pyridine rings is 1. The summed E-state index contributed by atoms with van der Waals surface area (Å²) in [4.78, 5) is 16.5. The summed E-state index contributed by atoms with van der Waals surface area (Å²) in [6.45, 7) is 8.97. The lowest BCUT2D eigenvalue weighted by atomic mass is 9.98. The van der Waals surface area contributed by atoms with E-state index < -0.39 is 11.4 Å². The number of nitrogens with zero attached hydrogens (tertiary/aromatic N) is 6. The zero-order chi connectivity index (χ0) is 27.9. The minimum absolute atomic E-state index is 0.0233. The third kappa shape index (κ3) is 5.02. The number of aryl methyl sites for hydroxylation is 1. The van der Waals surface area contributed by atoms with Crippen LogP contribution in [0.2, 0.25) is 0 Å². The summed E-state index contributed by atoms with van der Waals surface area (Å²) in [6.07, 6.45) is 7.51. The van der Waals surface area contributed by atoms with E-state index in [-0.39, 0.29) is 11.9 Å². The van der Waals surface area contributed by atoms with Gasteiger partial charge in [0.05, 0.1) is 5.69 Å². The van der Waals surface area contributed by atoms with E-state index in [0.29, 0.717) is 49.2 Å². The second-order valence-electron chi connectivity index (χ2n) is 10.9. The van der Waals surface area contributed by atoms with Gasteiger partial charge in [0.15, 0.2) is 17.4 Å². The maximum atomic E-state index is 15.0. The number of halogens is 1. The average Bonchev–Trinajstić information content (AvgIpc) is 3.48. The number of fused-ring (bicyclic) bond motifs is 2. The largest absolute Gasteiger partial charge is 0.487 e. The monoisotopic (exact) mass is 545 g/mol. The Morgan fingerprint density at radius 3 is 2.77 bits per heavy atom. The lowest BCUT2D eigenvalue weighted by molar-refractivity contribution is 0.0306. The number of aromatic nitrogens is 3. The van der Waals surface area contributed by atoms with Crippen LogP contribution < -0.4 is 15.1 Å². The van der Waals surface area contributed by atoms with Crippen LogP contribution in [0, 0.1) is 5.82 Å². The molecule has 1 saturated heterocycles. The molecule has 1 aromatic carbocycles. The fourth-order valence-corrected chi connectivity index (χ4v) is 5.79. The molecule has 4 heterocycles. The molecule has 2 aliphatic heterocycles. The molecule has 1 fully saturated rings. The van der Waals surface area contributed by atoms with Crippen LogP contribution >= 0.6 is 0 Å². The number of hydrogen-bond donors (Lipinski definition) is 2. The summed E-state index contributed by atoms with van der Waals surface area (Å²) in [7, 11) is 2.09. The Kier molecular flexibility index (Phi) is 7.16. The molecule has 0 saturated carbocycles. The van der Waals surface area contributed by atoms with Crippen LogP contribution in [0.25, 0.3) is 0 Å². The quantitative estimate of drug-likeness (QED) is 0.387. The molecule has 3 aromatic rings. The minimum Gasteiger partial charge on any atom is -0.487 e. The van der Waals surface area contributed by atoms with Crippen LogP contribution in [-0.2, 0) is 18.6 Å². The van der Waals surface area contributed by atoms with Gasteiger partial charge in [-0.25, -0.2) is 24.4 Å². The Labute approximate surface area is 234 Å². The molecule has 1 aliphatic carbocycles. The first-order valence-corrected chi connectivity index (χ1v) is 14.0. The Hall–Kier alpha value is -3.60. The fraction of sp³-hybridized carbons (Fsp3) is 0.433. The van der Waals surface area contributed by atoms with E-state index in [0.717, 1.165) is 49.2 Å². The van der Waals surface area contributed by atoms with Crippen LogP contribution in [0.4, 0.5) is 27.7 Å². The van der Waals surface area contributed by atoms with Crippen molar-refractivity contribution in [1.82, 2.24) is 24.9 Å². The lowest BCUT2D eigenvalue weighted by Crippen LogP contribution is -2.35. The van der Waals surface area contributed by atoms with Gasteiger partial charge in [0.25, 0.3) is 0 Å². The number of hydrogen-bond acceptors (Lipinski definition) is 9. The zero-order valence-electron chi connectivity index (χ0n) is 23.1. The van der Waals surface area contributed by atoms with Crippen molar-refractivity contribution in [3.05, 3.63) is 71.8 Å². The summed E-state index contributed by atoms with van der Waals surface area (Å²) < 4.78 is 20.9. The second-order valence-corrected chi connectivity index (χ2v) is 10.9. The number of aliphatic hydroxyl groups is 1. The maximum absolute atomic E-state index is 15.0. The third-order valence-corrected chi connectivity index (χ3v) is 8.18. The molecule has 2 aromatic heterocycles. The van der Waals surface area contributed by atoms with Crippen molar-refractivity contribution in [1.29, 1.82) is 0 Å². The van der Waals surface area contributed by atoms with Crippen molar-refractivity contribution < 1.29 is 14.2 Å². The smallest absolute Gasteiger partial charge is 0.229 e. The third-order valence-electron chi connectivity index (χ3n) is 8.18. The van der Waals surface area contributed by atoms with Gasteiger partial charge in [0, 0.05) is 49.7 Å². The Morgan fingerprint density at radius 1 is 1.20 bits per heavy atom. The van der Waals surface area contributed by atoms with Gasteiger partial charge in [-0.15, -0.1) is 6.58 Å². The van der Waals surface area contributed by atoms with Gasteiger partial charge in [-0.1, -0.05) is 19.1 Å². The van der Waals surface area contributed by atoms with Crippen molar-refractivity contribution in [2.24, 2.45) is 0 Å². The molecule has 0 amide bonds. The normalized spacial score (nSPS) is 21.4. The molecule has 2 N–H and O–H groups in total. The predicted molar refractivity (Wildman–Crippen MR) is 152 cm³/mol. The van der Waals surface area contributed by atoms with Crippen LogP contribution in [0.1, 0.15) is 49.4 Å². The number of piperidine rings is 1. The predicted octanol–water partition coefficient (Wildman–Crippen LogP) is 4.83.